The molecule has 0 saturated carbocycles. The van der Waals surface area contributed by atoms with Crippen molar-refractivity contribution in [2.45, 2.75) is 13.0 Å². The molecule has 0 bridgehead atoms. The number of aromatic amines is 1. The molecule has 2 N–H and O–H groups in total. The minimum absolute atomic E-state index is 0.0465. The zero-order valence-electron chi connectivity index (χ0n) is 22.8. The van der Waals surface area contributed by atoms with Gasteiger partial charge in [-0.3, -0.25) is 19.7 Å². The summed E-state index contributed by atoms with van der Waals surface area (Å²) < 4.78 is 16.7. The van der Waals surface area contributed by atoms with Crippen molar-refractivity contribution in [3.63, 3.8) is 0 Å². The minimum Gasteiger partial charge on any atom is -0.493 e. The van der Waals surface area contributed by atoms with E-state index in [1.54, 1.807) is 67.7 Å². The van der Waals surface area contributed by atoms with Crippen LogP contribution in [-0.4, -0.2) is 47.4 Å². The molecule has 0 atom stereocenters. The first-order valence-corrected chi connectivity index (χ1v) is 13.1. The van der Waals surface area contributed by atoms with Crippen molar-refractivity contribution in [1.29, 1.82) is 0 Å². The number of ether oxygens (including phenoxy) is 2. The van der Waals surface area contributed by atoms with E-state index in [1.807, 2.05) is 12.1 Å². The van der Waals surface area contributed by atoms with Crippen LogP contribution in [0.3, 0.4) is 0 Å². The summed E-state index contributed by atoms with van der Waals surface area (Å²) in [6, 6.07) is 20.2. The van der Waals surface area contributed by atoms with Gasteiger partial charge in [-0.1, -0.05) is 0 Å². The third kappa shape index (κ3) is 5.03. The van der Waals surface area contributed by atoms with Crippen LogP contribution >= 0.6 is 0 Å². The number of rotatable bonds is 7. The Morgan fingerprint density at radius 3 is 2.40 bits per heavy atom. The second kappa shape index (κ2) is 10.8. The number of nitrogens with zero attached hydrogens (tertiary/aromatic N) is 2. The largest absolute Gasteiger partial charge is 0.493 e. The Hall–Kier alpha value is -5.58. The number of aromatic nitrogens is 1. The van der Waals surface area contributed by atoms with Crippen molar-refractivity contribution in [3.05, 3.63) is 105 Å². The van der Waals surface area contributed by atoms with Gasteiger partial charge in [0.05, 0.1) is 19.1 Å². The molecule has 1 aliphatic heterocycles. The molecule has 5 aromatic rings. The van der Waals surface area contributed by atoms with E-state index in [0.29, 0.717) is 53.4 Å². The average molecular weight is 567 g/mol. The van der Waals surface area contributed by atoms with Gasteiger partial charge in [0, 0.05) is 47.4 Å². The number of methoxy groups -OCH3 is 2. The molecule has 212 valence electrons. The number of nitro benzene ring substituents is 1. The van der Waals surface area contributed by atoms with Crippen molar-refractivity contribution in [1.82, 2.24) is 9.88 Å². The van der Waals surface area contributed by atoms with Gasteiger partial charge in [0.25, 0.3) is 17.5 Å². The summed E-state index contributed by atoms with van der Waals surface area (Å²) in [6.45, 7) is 0.991. The molecule has 2 amide bonds. The molecule has 0 radical (unpaired) electrons. The van der Waals surface area contributed by atoms with Crippen LogP contribution in [0.15, 0.2) is 77.2 Å². The van der Waals surface area contributed by atoms with E-state index in [1.165, 1.54) is 12.1 Å². The lowest BCUT2D eigenvalue weighted by molar-refractivity contribution is -0.384. The number of fused-ring (bicyclic) bond motifs is 2. The van der Waals surface area contributed by atoms with Crippen LogP contribution in [0.1, 0.15) is 32.2 Å². The first kappa shape index (κ1) is 26.6. The van der Waals surface area contributed by atoms with E-state index >= 15 is 0 Å². The molecule has 11 nitrogen and oxygen atoms in total. The highest BCUT2D eigenvalue weighted by molar-refractivity contribution is 6.06. The number of nitrogens with one attached hydrogen (secondary N) is 2. The van der Waals surface area contributed by atoms with Crippen LogP contribution in [-0.2, 0) is 13.0 Å². The van der Waals surface area contributed by atoms with Gasteiger partial charge in [0.2, 0.25) is 0 Å². The van der Waals surface area contributed by atoms with Gasteiger partial charge in [0.1, 0.15) is 11.5 Å². The van der Waals surface area contributed by atoms with Gasteiger partial charge in [0.15, 0.2) is 17.3 Å². The van der Waals surface area contributed by atoms with Crippen molar-refractivity contribution in [2.24, 2.45) is 0 Å². The third-order valence-corrected chi connectivity index (χ3v) is 7.31. The highest BCUT2D eigenvalue weighted by atomic mass is 16.6. The summed E-state index contributed by atoms with van der Waals surface area (Å²) in [6.07, 6.45) is 0.695. The van der Waals surface area contributed by atoms with E-state index in [9.17, 15) is 19.7 Å². The van der Waals surface area contributed by atoms with E-state index in [4.69, 9.17) is 13.9 Å². The Labute approximate surface area is 239 Å². The van der Waals surface area contributed by atoms with Crippen LogP contribution in [0.4, 0.5) is 11.4 Å². The van der Waals surface area contributed by atoms with Crippen molar-refractivity contribution >= 4 is 34.1 Å². The molecule has 0 unspecified atom stereocenters. The van der Waals surface area contributed by atoms with Crippen LogP contribution in [0.25, 0.3) is 22.2 Å². The summed E-state index contributed by atoms with van der Waals surface area (Å²) in [5, 5.41) is 14.4. The molecule has 1 aliphatic rings. The lowest BCUT2D eigenvalue weighted by Gasteiger charge is -2.29. The topological polar surface area (TPSA) is 140 Å². The zero-order valence-corrected chi connectivity index (χ0v) is 22.8. The monoisotopic (exact) mass is 566 g/mol. The first-order valence-electron chi connectivity index (χ1n) is 13.1. The van der Waals surface area contributed by atoms with Crippen molar-refractivity contribution in [3.8, 4) is 22.8 Å². The van der Waals surface area contributed by atoms with Gasteiger partial charge in [-0.2, -0.15) is 0 Å². The van der Waals surface area contributed by atoms with Gasteiger partial charge in [-0.05, 0) is 78.2 Å². The number of furan rings is 1. The maximum atomic E-state index is 13.3. The lowest BCUT2D eigenvalue weighted by Crippen LogP contribution is -2.35. The van der Waals surface area contributed by atoms with Crippen LogP contribution in [0.2, 0.25) is 0 Å². The highest BCUT2D eigenvalue weighted by Gasteiger charge is 2.26. The number of carbonyl (C=O) groups excluding carboxylic acids is 2. The summed E-state index contributed by atoms with van der Waals surface area (Å²) in [5.41, 5.74) is 4.28. The number of H-pyrrole nitrogens is 1. The number of nitro groups is 1. The molecule has 0 fully saturated rings. The number of hydrogen-bond donors (Lipinski definition) is 2. The Morgan fingerprint density at radius 1 is 0.952 bits per heavy atom. The molecule has 0 spiro atoms. The predicted molar refractivity (Wildman–Crippen MR) is 155 cm³/mol. The molecule has 0 aliphatic carbocycles. The Morgan fingerprint density at radius 2 is 1.69 bits per heavy atom. The SMILES string of the molecule is COc1cc2c(cc1OC)CN(C(=O)c1ccc(-c3ccc(NC(=O)c4cc5cc([N+](=O)[O-])ccc5[nH]4)cc3)o1)CC2. The maximum Gasteiger partial charge on any atom is 0.289 e. The van der Waals surface area contributed by atoms with Crippen molar-refractivity contribution < 1.29 is 28.4 Å². The van der Waals surface area contributed by atoms with E-state index in [2.05, 4.69) is 10.3 Å². The second-order valence-electron chi connectivity index (χ2n) is 9.86. The van der Waals surface area contributed by atoms with Crippen LogP contribution in [0, 0.1) is 10.1 Å². The molecule has 42 heavy (non-hydrogen) atoms. The predicted octanol–water partition coefficient (Wildman–Crippen LogP) is 5.80. The van der Waals surface area contributed by atoms with Gasteiger partial charge >= 0.3 is 0 Å². The summed E-state index contributed by atoms with van der Waals surface area (Å²) in [5.74, 6) is 1.48. The first-order chi connectivity index (χ1) is 20.3. The number of benzene rings is 3. The molecule has 11 heteroatoms. The fraction of sp³-hybridized carbons (Fsp3) is 0.161. The van der Waals surface area contributed by atoms with E-state index in [0.717, 1.165) is 16.7 Å². The number of non-ortho nitro benzene ring substituents is 1. The molecular formula is C31H26N4O7. The molecule has 3 heterocycles. The Bertz CT molecular complexity index is 1840. The summed E-state index contributed by atoms with van der Waals surface area (Å²) >= 11 is 0. The van der Waals surface area contributed by atoms with Gasteiger partial charge in [-0.15, -0.1) is 0 Å². The molecular weight excluding hydrogens is 540 g/mol. The number of anilines is 1. The maximum absolute atomic E-state index is 13.3. The standard InChI is InChI=1S/C31H26N4O7/c1-40-28-15-19-11-12-34(17-21(19)16-29(28)41-2)31(37)27-10-9-26(42-27)18-3-5-22(6-4-18)32-30(36)25-14-20-13-23(35(38)39)7-8-24(20)33-25/h3-10,13-16,33H,11-12,17H2,1-2H3,(H,32,36). The molecule has 2 aromatic heterocycles. The fourth-order valence-corrected chi connectivity index (χ4v) is 5.09. The molecule has 6 rings (SSSR count). The van der Waals surface area contributed by atoms with Crippen molar-refractivity contribution in [2.75, 3.05) is 26.1 Å². The Kier molecular flexibility index (Phi) is 6.83. The van der Waals surface area contributed by atoms with E-state index in [-0.39, 0.29) is 29.0 Å². The highest BCUT2D eigenvalue weighted by Crippen LogP contribution is 2.34. The number of amides is 2. The van der Waals surface area contributed by atoms with Crippen LogP contribution in [0.5, 0.6) is 11.5 Å². The summed E-state index contributed by atoms with van der Waals surface area (Å²) in [4.78, 5) is 41.3. The lowest BCUT2D eigenvalue weighted by atomic mass is 9.98. The quantitative estimate of drug-likeness (QED) is 0.187. The smallest absolute Gasteiger partial charge is 0.289 e. The normalized spacial score (nSPS) is 12.6. The van der Waals surface area contributed by atoms with Gasteiger partial charge in [-0.25, -0.2) is 0 Å². The molecule has 0 saturated heterocycles. The minimum atomic E-state index is -0.478. The number of hydrogen-bond acceptors (Lipinski definition) is 7. The average Bonchev–Trinajstić information content (AvgIpc) is 3.68. The fourth-order valence-electron chi connectivity index (χ4n) is 5.09. The zero-order chi connectivity index (χ0) is 29.4. The summed E-state index contributed by atoms with van der Waals surface area (Å²) in [7, 11) is 3.19. The van der Waals surface area contributed by atoms with Crippen LogP contribution < -0.4 is 14.8 Å². The third-order valence-electron chi connectivity index (χ3n) is 7.31. The van der Waals surface area contributed by atoms with Gasteiger partial charge < -0.3 is 29.1 Å². The number of carbonyl (C=O) groups is 2. The second-order valence-corrected chi connectivity index (χ2v) is 9.86. The van der Waals surface area contributed by atoms with E-state index < -0.39 is 4.92 Å². The Balaban J connectivity index is 1.12. The molecule has 3 aromatic carbocycles.